The van der Waals surface area contributed by atoms with Crippen LogP contribution >= 0.6 is 15.9 Å². The molecule has 0 bridgehead atoms. The minimum absolute atomic E-state index is 0. The number of rotatable bonds is 1. The Kier molecular flexibility index (Phi) is 9.07. The summed E-state index contributed by atoms with van der Waals surface area (Å²) in [7, 11) is 0. The molecular weight excluding hydrogens is 196 g/mol. The average molecular weight is 198 g/mol. The van der Waals surface area contributed by atoms with Crippen molar-refractivity contribution in [2.75, 3.05) is 0 Å². The molecule has 0 heterocycles. The van der Waals surface area contributed by atoms with E-state index in [4.69, 9.17) is 0 Å². The molecule has 1 nitrogen and oxygen atoms in total. The molecular formula is C4H2BrCrO-. The van der Waals surface area contributed by atoms with E-state index in [0.29, 0.717) is 0 Å². The first kappa shape index (κ1) is 10.2. The number of carbonyl (C=O) groups excluding carboxylic acids is 1. The van der Waals surface area contributed by atoms with Crippen molar-refractivity contribution < 1.29 is 22.2 Å². The molecule has 0 radical (unpaired) electrons. The Morgan fingerprint density at radius 2 is 2.29 bits per heavy atom. The van der Waals surface area contributed by atoms with Gasteiger partial charge in [-0.25, -0.2) is 0 Å². The molecule has 0 aliphatic rings. The summed E-state index contributed by atoms with van der Waals surface area (Å²) in [6.45, 7) is 3.16. The van der Waals surface area contributed by atoms with Crippen molar-refractivity contribution in [3.8, 4) is 0 Å². The van der Waals surface area contributed by atoms with Crippen LogP contribution in [0.1, 0.15) is 0 Å². The van der Waals surface area contributed by atoms with E-state index in [-0.39, 0.29) is 21.8 Å². The molecule has 0 aliphatic carbocycles. The summed E-state index contributed by atoms with van der Waals surface area (Å²) in [6, 6.07) is 0. The van der Waals surface area contributed by atoms with Crippen LogP contribution in [0.25, 0.3) is 0 Å². The molecule has 0 atom stereocenters. The van der Waals surface area contributed by atoms with E-state index in [1.165, 1.54) is 6.29 Å². The SMILES string of the molecule is C=C=C(Br)[C-]=O.[Cr]. The largest absolute Gasteiger partial charge is 0.417 e. The molecule has 0 aromatic carbocycles. The van der Waals surface area contributed by atoms with Crippen molar-refractivity contribution in [1.82, 2.24) is 0 Å². The summed E-state index contributed by atoms with van der Waals surface area (Å²) >= 11 is 2.80. The maximum absolute atomic E-state index is 9.42. The summed E-state index contributed by atoms with van der Waals surface area (Å²) in [5.41, 5.74) is 2.27. The summed E-state index contributed by atoms with van der Waals surface area (Å²) in [6.07, 6.45) is 1.52. The quantitative estimate of drug-likeness (QED) is 0.351. The zero-order valence-corrected chi connectivity index (χ0v) is 6.26. The van der Waals surface area contributed by atoms with E-state index in [2.05, 4.69) is 28.2 Å². The fraction of sp³-hybridized carbons (Fsp3) is 0. The van der Waals surface area contributed by atoms with Crippen molar-refractivity contribution in [1.29, 1.82) is 0 Å². The third kappa shape index (κ3) is 6.20. The van der Waals surface area contributed by atoms with Gasteiger partial charge >= 0.3 is 0 Å². The summed E-state index contributed by atoms with van der Waals surface area (Å²) in [4.78, 5) is 9.42. The molecule has 0 aromatic rings. The van der Waals surface area contributed by atoms with Crippen molar-refractivity contribution in [3.05, 3.63) is 16.8 Å². The number of halogens is 1. The number of hydrogen-bond donors (Lipinski definition) is 0. The van der Waals surface area contributed by atoms with Gasteiger partial charge in [0.2, 0.25) is 0 Å². The Hall–Kier alpha value is 0.202. The number of hydrogen-bond acceptors (Lipinski definition) is 1. The molecule has 38 valence electrons. The van der Waals surface area contributed by atoms with Crippen LogP contribution in [0.15, 0.2) is 16.8 Å². The Morgan fingerprint density at radius 1 is 1.86 bits per heavy atom. The first-order valence-electron chi connectivity index (χ1n) is 1.25. The number of allylic oxidation sites excluding steroid dienone is 1. The second-order valence-corrected chi connectivity index (χ2v) is 1.39. The van der Waals surface area contributed by atoms with Crippen LogP contribution in [0.4, 0.5) is 0 Å². The maximum atomic E-state index is 9.42. The third-order valence-electron chi connectivity index (χ3n) is 0.245. The zero-order chi connectivity index (χ0) is 4.99. The second-order valence-electron chi connectivity index (χ2n) is 0.593. The molecule has 0 fully saturated rings. The maximum Gasteiger partial charge on any atom is 0.00664 e. The first-order valence-corrected chi connectivity index (χ1v) is 2.04. The van der Waals surface area contributed by atoms with Gasteiger partial charge < -0.3 is 10.5 Å². The van der Waals surface area contributed by atoms with Crippen LogP contribution in [0, 0.1) is 0 Å². The summed E-state index contributed by atoms with van der Waals surface area (Å²) in [5, 5.41) is 0. The summed E-state index contributed by atoms with van der Waals surface area (Å²) in [5.74, 6) is 0. The standard InChI is InChI=1S/C4H2BrO.Cr/c1-2-4(5)3-6;/h1H2;/q-1;. The molecule has 0 rings (SSSR count). The van der Waals surface area contributed by atoms with Crippen LogP contribution in [0.2, 0.25) is 0 Å². The molecule has 0 saturated heterocycles. The van der Waals surface area contributed by atoms with E-state index >= 15 is 0 Å². The van der Waals surface area contributed by atoms with Gasteiger partial charge in [-0.2, -0.15) is 6.58 Å². The monoisotopic (exact) mass is 197 g/mol. The Labute approximate surface area is 61.4 Å². The molecule has 0 spiro atoms. The molecule has 0 saturated carbocycles. The Bertz CT molecular complexity index is 104. The molecule has 0 aliphatic heterocycles. The van der Waals surface area contributed by atoms with E-state index in [9.17, 15) is 4.79 Å². The Morgan fingerprint density at radius 3 is 2.29 bits per heavy atom. The van der Waals surface area contributed by atoms with Crippen LogP contribution in [0.5, 0.6) is 0 Å². The fourth-order valence-electron chi connectivity index (χ4n) is 0.0361. The first-order chi connectivity index (χ1) is 2.81. The van der Waals surface area contributed by atoms with Crippen molar-refractivity contribution in [2.45, 2.75) is 0 Å². The van der Waals surface area contributed by atoms with E-state index in [1.807, 2.05) is 0 Å². The van der Waals surface area contributed by atoms with Gasteiger partial charge in [0.05, 0.1) is 0 Å². The molecule has 3 heteroatoms. The van der Waals surface area contributed by atoms with E-state index in [0.717, 1.165) is 0 Å². The van der Waals surface area contributed by atoms with Gasteiger partial charge in [-0.05, 0) is 0 Å². The van der Waals surface area contributed by atoms with Gasteiger partial charge in [0.25, 0.3) is 0 Å². The predicted octanol–water partition coefficient (Wildman–Crippen LogP) is 1.16. The van der Waals surface area contributed by atoms with Crippen LogP contribution in [0.3, 0.4) is 0 Å². The normalized spacial score (nSPS) is 5.29. The molecule has 0 N–H and O–H groups in total. The molecule has 0 unspecified atom stereocenters. The topological polar surface area (TPSA) is 17.1 Å². The van der Waals surface area contributed by atoms with Gasteiger partial charge in [0.15, 0.2) is 0 Å². The minimum Gasteiger partial charge on any atom is -0.417 e. The average Bonchev–Trinajstić information content (AvgIpc) is 1.65. The second kappa shape index (κ2) is 6.20. The van der Waals surface area contributed by atoms with Crippen molar-refractivity contribution in [3.63, 3.8) is 0 Å². The third-order valence-corrected chi connectivity index (χ3v) is 0.687. The molecule has 0 aromatic heterocycles. The van der Waals surface area contributed by atoms with Gasteiger partial charge in [-0.1, -0.05) is 20.4 Å². The van der Waals surface area contributed by atoms with Crippen LogP contribution in [-0.2, 0) is 22.2 Å². The van der Waals surface area contributed by atoms with Gasteiger partial charge in [0.1, 0.15) is 0 Å². The predicted molar refractivity (Wildman–Crippen MR) is 27.3 cm³/mol. The van der Waals surface area contributed by atoms with Crippen LogP contribution < -0.4 is 0 Å². The molecule has 7 heavy (non-hydrogen) atoms. The van der Waals surface area contributed by atoms with Crippen molar-refractivity contribution >= 4 is 22.2 Å². The van der Waals surface area contributed by atoms with Gasteiger partial charge in [-0.3, -0.25) is 0 Å². The molecule has 0 amide bonds. The zero-order valence-electron chi connectivity index (χ0n) is 3.40. The summed E-state index contributed by atoms with van der Waals surface area (Å²) < 4.78 is 0.238. The minimum atomic E-state index is 0. The Balaban J connectivity index is 0. The van der Waals surface area contributed by atoms with Gasteiger partial charge in [-0.15, -0.1) is 0 Å². The fourth-order valence-corrected chi connectivity index (χ4v) is 0.0361. The van der Waals surface area contributed by atoms with E-state index < -0.39 is 0 Å². The van der Waals surface area contributed by atoms with Gasteiger partial charge in [0, 0.05) is 23.6 Å². The van der Waals surface area contributed by atoms with E-state index in [1.54, 1.807) is 0 Å². The van der Waals surface area contributed by atoms with Crippen molar-refractivity contribution in [2.24, 2.45) is 0 Å². The smallest absolute Gasteiger partial charge is 0.00664 e. The van der Waals surface area contributed by atoms with Crippen LogP contribution in [-0.4, -0.2) is 6.29 Å².